The molecule has 1 saturated carbocycles. The van der Waals surface area contributed by atoms with Gasteiger partial charge in [0.2, 0.25) is 0 Å². The van der Waals surface area contributed by atoms with Crippen molar-refractivity contribution in [1.29, 1.82) is 0 Å². The Labute approximate surface area is 82.3 Å². The highest BCUT2D eigenvalue weighted by atomic mass is 15.0. The molecule has 1 fully saturated rings. The lowest BCUT2D eigenvalue weighted by Crippen LogP contribution is -2.40. The van der Waals surface area contributed by atoms with Gasteiger partial charge in [-0.2, -0.15) is 0 Å². The van der Waals surface area contributed by atoms with Crippen molar-refractivity contribution < 1.29 is 0 Å². The summed E-state index contributed by atoms with van der Waals surface area (Å²) >= 11 is 0. The van der Waals surface area contributed by atoms with Crippen LogP contribution < -0.4 is 5.32 Å². The van der Waals surface area contributed by atoms with Crippen molar-refractivity contribution in [2.75, 3.05) is 0 Å². The molecule has 0 aromatic heterocycles. The molecule has 1 N–H and O–H groups in total. The maximum absolute atomic E-state index is 5.46. The van der Waals surface area contributed by atoms with Crippen LogP contribution in [0.5, 0.6) is 0 Å². The molecule has 0 aromatic carbocycles. The zero-order chi connectivity index (χ0) is 9.90. The second-order valence-corrected chi connectivity index (χ2v) is 4.55. The normalized spacial score (nSPS) is 23.2. The molecule has 1 heteroatoms. The fourth-order valence-electron chi connectivity index (χ4n) is 1.64. The van der Waals surface area contributed by atoms with Crippen molar-refractivity contribution in [3.63, 3.8) is 0 Å². The van der Waals surface area contributed by atoms with Gasteiger partial charge in [0.1, 0.15) is 0 Å². The van der Waals surface area contributed by atoms with E-state index in [0.29, 0.717) is 11.5 Å². The van der Waals surface area contributed by atoms with Crippen LogP contribution >= 0.6 is 0 Å². The van der Waals surface area contributed by atoms with Gasteiger partial charge >= 0.3 is 0 Å². The number of terminal acetylenes is 1. The molecule has 2 unspecified atom stereocenters. The van der Waals surface area contributed by atoms with Crippen molar-refractivity contribution in [1.82, 2.24) is 5.32 Å². The quantitative estimate of drug-likeness (QED) is 0.640. The topological polar surface area (TPSA) is 12.0 Å². The molecular formula is C12H21N. The second-order valence-electron chi connectivity index (χ2n) is 4.55. The first kappa shape index (κ1) is 10.6. The maximum Gasteiger partial charge on any atom is 0.0689 e. The van der Waals surface area contributed by atoms with E-state index < -0.39 is 0 Å². The van der Waals surface area contributed by atoms with Crippen molar-refractivity contribution in [2.45, 2.75) is 58.5 Å². The zero-order valence-corrected chi connectivity index (χ0v) is 9.06. The van der Waals surface area contributed by atoms with E-state index in [-0.39, 0.29) is 6.04 Å². The Hall–Kier alpha value is -0.480. The van der Waals surface area contributed by atoms with Gasteiger partial charge in [0, 0.05) is 6.04 Å². The molecule has 0 spiro atoms. The third kappa shape index (κ3) is 2.74. The molecule has 0 aromatic rings. The SMILES string of the molecule is C#CC(CCC)NC(C)C1(C)CC1. The predicted octanol–water partition coefficient (Wildman–Crippen LogP) is 2.57. The van der Waals surface area contributed by atoms with Gasteiger partial charge in [-0.15, -0.1) is 6.42 Å². The van der Waals surface area contributed by atoms with E-state index in [1.54, 1.807) is 0 Å². The Balaban J connectivity index is 2.33. The summed E-state index contributed by atoms with van der Waals surface area (Å²) in [5, 5.41) is 3.53. The summed E-state index contributed by atoms with van der Waals surface area (Å²) in [5.41, 5.74) is 0.531. The molecular weight excluding hydrogens is 158 g/mol. The van der Waals surface area contributed by atoms with E-state index in [4.69, 9.17) is 6.42 Å². The number of hydrogen-bond donors (Lipinski definition) is 1. The molecule has 0 radical (unpaired) electrons. The summed E-state index contributed by atoms with van der Waals surface area (Å²) in [6.45, 7) is 6.77. The van der Waals surface area contributed by atoms with Gasteiger partial charge in [0.05, 0.1) is 6.04 Å². The van der Waals surface area contributed by atoms with E-state index in [9.17, 15) is 0 Å². The third-order valence-electron chi connectivity index (χ3n) is 3.31. The van der Waals surface area contributed by atoms with Gasteiger partial charge < -0.3 is 5.32 Å². The molecule has 74 valence electrons. The van der Waals surface area contributed by atoms with E-state index in [1.165, 1.54) is 12.8 Å². The molecule has 1 aliphatic carbocycles. The Kier molecular flexibility index (Phi) is 3.39. The van der Waals surface area contributed by atoms with Crippen molar-refractivity contribution in [2.24, 2.45) is 5.41 Å². The summed E-state index contributed by atoms with van der Waals surface area (Å²) in [5.74, 6) is 2.82. The van der Waals surface area contributed by atoms with E-state index in [1.807, 2.05) is 0 Å². The Morgan fingerprint density at radius 3 is 2.54 bits per heavy atom. The first-order valence-corrected chi connectivity index (χ1v) is 5.34. The monoisotopic (exact) mass is 179 g/mol. The van der Waals surface area contributed by atoms with Crippen LogP contribution in [0.25, 0.3) is 0 Å². The number of hydrogen-bond acceptors (Lipinski definition) is 1. The molecule has 1 nitrogen and oxygen atoms in total. The van der Waals surface area contributed by atoms with Crippen LogP contribution in [0.15, 0.2) is 0 Å². The molecule has 0 bridgehead atoms. The molecule has 0 saturated heterocycles. The molecule has 2 atom stereocenters. The average molecular weight is 179 g/mol. The lowest BCUT2D eigenvalue weighted by Gasteiger charge is -2.24. The van der Waals surface area contributed by atoms with Crippen LogP contribution in [-0.2, 0) is 0 Å². The van der Waals surface area contributed by atoms with Gasteiger partial charge in [0.25, 0.3) is 0 Å². The molecule has 0 amide bonds. The summed E-state index contributed by atoms with van der Waals surface area (Å²) in [7, 11) is 0. The minimum Gasteiger partial charge on any atom is -0.301 e. The lowest BCUT2D eigenvalue weighted by atomic mass is 9.99. The van der Waals surface area contributed by atoms with Crippen LogP contribution in [0.2, 0.25) is 0 Å². The van der Waals surface area contributed by atoms with Crippen LogP contribution in [-0.4, -0.2) is 12.1 Å². The third-order valence-corrected chi connectivity index (χ3v) is 3.31. The fraction of sp³-hybridized carbons (Fsp3) is 0.833. The molecule has 0 aliphatic heterocycles. The summed E-state index contributed by atoms with van der Waals surface area (Å²) in [6.07, 6.45) is 10.4. The van der Waals surface area contributed by atoms with E-state index in [2.05, 4.69) is 32.0 Å². The van der Waals surface area contributed by atoms with Gasteiger partial charge in [-0.1, -0.05) is 26.2 Å². The first-order valence-electron chi connectivity index (χ1n) is 5.34. The molecule has 0 heterocycles. The second kappa shape index (κ2) is 4.15. The van der Waals surface area contributed by atoms with Crippen molar-refractivity contribution >= 4 is 0 Å². The summed E-state index contributed by atoms with van der Waals surface area (Å²) in [6, 6.07) is 0.845. The summed E-state index contributed by atoms with van der Waals surface area (Å²) < 4.78 is 0. The minimum atomic E-state index is 0.275. The predicted molar refractivity (Wildman–Crippen MR) is 57.5 cm³/mol. The number of rotatable bonds is 5. The van der Waals surface area contributed by atoms with E-state index in [0.717, 1.165) is 12.8 Å². The lowest BCUT2D eigenvalue weighted by molar-refractivity contribution is 0.356. The highest BCUT2D eigenvalue weighted by Crippen LogP contribution is 2.48. The highest BCUT2D eigenvalue weighted by Gasteiger charge is 2.42. The van der Waals surface area contributed by atoms with Crippen LogP contribution in [0.1, 0.15) is 46.5 Å². The Morgan fingerprint density at radius 1 is 1.54 bits per heavy atom. The standard InChI is InChI=1S/C12H21N/c1-5-7-11(6-2)13-10(3)12(4)8-9-12/h2,10-11,13H,5,7-9H2,1,3-4H3. The first-order chi connectivity index (χ1) is 6.12. The van der Waals surface area contributed by atoms with Gasteiger partial charge in [-0.25, -0.2) is 0 Å². The van der Waals surface area contributed by atoms with Crippen LogP contribution in [0.4, 0.5) is 0 Å². The molecule has 1 aliphatic rings. The highest BCUT2D eigenvalue weighted by molar-refractivity contribution is 5.04. The average Bonchev–Trinajstić information content (AvgIpc) is 2.84. The smallest absolute Gasteiger partial charge is 0.0689 e. The van der Waals surface area contributed by atoms with Crippen molar-refractivity contribution in [3.05, 3.63) is 0 Å². The number of nitrogens with one attached hydrogen (secondary N) is 1. The molecule has 13 heavy (non-hydrogen) atoms. The summed E-state index contributed by atoms with van der Waals surface area (Å²) in [4.78, 5) is 0. The Bertz CT molecular complexity index is 198. The zero-order valence-electron chi connectivity index (χ0n) is 9.06. The molecule has 1 rings (SSSR count). The maximum atomic E-state index is 5.46. The van der Waals surface area contributed by atoms with E-state index >= 15 is 0 Å². The largest absolute Gasteiger partial charge is 0.301 e. The van der Waals surface area contributed by atoms with Crippen molar-refractivity contribution in [3.8, 4) is 12.3 Å². The van der Waals surface area contributed by atoms with Gasteiger partial charge in [-0.3, -0.25) is 0 Å². The van der Waals surface area contributed by atoms with Gasteiger partial charge in [-0.05, 0) is 31.6 Å². The fourth-order valence-corrected chi connectivity index (χ4v) is 1.64. The van der Waals surface area contributed by atoms with Crippen LogP contribution in [0.3, 0.4) is 0 Å². The van der Waals surface area contributed by atoms with Gasteiger partial charge in [0.15, 0.2) is 0 Å². The minimum absolute atomic E-state index is 0.275. The van der Waals surface area contributed by atoms with Crippen LogP contribution in [0, 0.1) is 17.8 Å². The Morgan fingerprint density at radius 2 is 2.15 bits per heavy atom.